The standard InChI is InChI=1S/C19H20N2O3/c1-23-17-7-5-15(6-8-17)14-21(16-9-11-20-12-10-16)19(22)18-4-2-3-13-24-18/h4-12H,2-3,13-14H2,1H3. The van der Waals surface area contributed by atoms with Crippen molar-refractivity contribution in [3.05, 3.63) is 66.2 Å². The Kier molecular flexibility index (Phi) is 5.11. The first kappa shape index (κ1) is 16.1. The number of aromatic nitrogens is 1. The summed E-state index contributed by atoms with van der Waals surface area (Å²) >= 11 is 0. The maximum Gasteiger partial charge on any atom is 0.293 e. The summed E-state index contributed by atoms with van der Waals surface area (Å²) in [6.45, 7) is 1.04. The van der Waals surface area contributed by atoms with Crippen molar-refractivity contribution in [2.45, 2.75) is 19.4 Å². The quantitative estimate of drug-likeness (QED) is 0.846. The van der Waals surface area contributed by atoms with Crippen molar-refractivity contribution < 1.29 is 14.3 Å². The number of hydrogen-bond acceptors (Lipinski definition) is 4. The van der Waals surface area contributed by atoms with Crippen molar-refractivity contribution >= 4 is 11.6 Å². The van der Waals surface area contributed by atoms with E-state index in [0.717, 1.165) is 29.8 Å². The molecule has 1 aromatic heterocycles. The van der Waals surface area contributed by atoms with E-state index in [0.29, 0.717) is 18.9 Å². The van der Waals surface area contributed by atoms with Crippen LogP contribution in [0.25, 0.3) is 0 Å². The Morgan fingerprint density at radius 3 is 2.58 bits per heavy atom. The fourth-order valence-electron chi connectivity index (χ4n) is 2.56. The second-order valence-electron chi connectivity index (χ2n) is 5.50. The Morgan fingerprint density at radius 2 is 1.96 bits per heavy atom. The number of methoxy groups -OCH3 is 1. The molecule has 2 heterocycles. The predicted octanol–water partition coefficient (Wildman–Crippen LogP) is 3.32. The number of pyridine rings is 1. The molecule has 0 atom stereocenters. The van der Waals surface area contributed by atoms with Crippen LogP contribution in [-0.4, -0.2) is 24.6 Å². The Balaban J connectivity index is 1.86. The van der Waals surface area contributed by atoms with Crippen LogP contribution in [0.2, 0.25) is 0 Å². The fourth-order valence-corrected chi connectivity index (χ4v) is 2.56. The molecule has 0 bridgehead atoms. The molecule has 0 N–H and O–H groups in total. The van der Waals surface area contributed by atoms with Crippen LogP contribution >= 0.6 is 0 Å². The number of allylic oxidation sites excluding steroid dienone is 1. The molecule has 0 saturated heterocycles. The molecule has 5 nitrogen and oxygen atoms in total. The van der Waals surface area contributed by atoms with Gasteiger partial charge in [0.1, 0.15) is 5.75 Å². The minimum absolute atomic E-state index is 0.128. The van der Waals surface area contributed by atoms with E-state index in [1.165, 1.54) is 0 Å². The van der Waals surface area contributed by atoms with Gasteiger partial charge in [-0.2, -0.15) is 0 Å². The number of carbonyl (C=O) groups is 1. The highest BCUT2D eigenvalue weighted by Crippen LogP contribution is 2.22. The number of ether oxygens (including phenoxy) is 2. The zero-order chi connectivity index (χ0) is 16.8. The third kappa shape index (κ3) is 3.74. The molecule has 0 spiro atoms. The van der Waals surface area contributed by atoms with Gasteiger partial charge in [-0.15, -0.1) is 0 Å². The predicted molar refractivity (Wildman–Crippen MR) is 91.7 cm³/mol. The number of hydrogen-bond donors (Lipinski definition) is 0. The molecule has 1 aromatic carbocycles. The molecule has 124 valence electrons. The zero-order valence-corrected chi connectivity index (χ0v) is 13.6. The average Bonchev–Trinajstić information content (AvgIpc) is 2.67. The zero-order valence-electron chi connectivity index (χ0n) is 13.6. The molecule has 0 saturated carbocycles. The van der Waals surface area contributed by atoms with Gasteiger partial charge in [-0.05, 0) is 48.7 Å². The average molecular weight is 324 g/mol. The molecule has 0 aliphatic carbocycles. The summed E-state index contributed by atoms with van der Waals surface area (Å²) in [5.41, 5.74) is 1.80. The SMILES string of the molecule is COc1ccc(CN(C(=O)C2=CCCCO2)c2ccncc2)cc1. The molecule has 3 rings (SSSR count). The highest BCUT2D eigenvalue weighted by molar-refractivity contribution is 6.04. The molecular weight excluding hydrogens is 304 g/mol. The lowest BCUT2D eigenvalue weighted by atomic mass is 10.1. The van der Waals surface area contributed by atoms with Gasteiger partial charge in [0.05, 0.1) is 20.3 Å². The van der Waals surface area contributed by atoms with E-state index in [4.69, 9.17) is 9.47 Å². The lowest BCUT2D eigenvalue weighted by Crippen LogP contribution is -2.33. The first-order valence-electron chi connectivity index (χ1n) is 7.95. The van der Waals surface area contributed by atoms with E-state index in [1.807, 2.05) is 42.5 Å². The van der Waals surface area contributed by atoms with Crippen LogP contribution in [0.15, 0.2) is 60.6 Å². The summed E-state index contributed by atoms with van der Waals surface area (Å²) in [7, 11) is 1.63. The second kappa shape index (κ2) is 7.64. The largest absolute Gasteiger partial charge is 0.497 e. The highest BCUT2D eigenvalue weighted by atomic mass is 16.5. The van der Waals surface area contributed by atoms with Crippen LogP contribution < -0.4 is 9.64 Å². The lowest BCUT2D eigenvalue weighted by molar-refractivity contribution is -0.118. The van der Waals surface area contributed by atoms with Crippen LogP contribution in [0.5, 0.6) is 5.75 Å². The van der Waals surface area contributed by atoms with Crippen LogP contribution in [0.4, 0.5) is 5.69 Å². The molecule has 1 amide bonds. The fraction of sp³-hybridized carbons (Fsp3) is 0.263. The highest BCUT2D eigenvalue weighted by Gasteiger charge is 2.23. The second-order valence-corrected chi connectivity index (χ2v) is 5.50. The van der Waals surface area contributed by atoms with Crippen molar-refractivity contribution in [1.82, 2.24) is 4.98 Å². The topological polar surface area (TPSA) is 51.7 Å². The third-order valence-corrected chi connectivity index (χ3v) is 3.87. The van der Waals surface area contributed by atoms with Gasteiger partial charge in [0.15, 0.2) is 5.76 Å². The molecule has 1 aliphatic heterocycles. The number of nitrogens with zero attached hydrogens (tertiary/aromatic N) is 2. The van der Waals surface area contributed by atoms with Crippen LogP contribution in [0, 0.1) is 0 Å². The summed E-state index contributed by atoms with van der Waals surface area (Å²) in [5.74, 6) is 1.09. The monoisotopic (exact) mass is 324 g/mol. The maximum absolute atomic E-state index is 12.9. The normalized spacial score (nSPS) is 13.6. The van der Waals surface area contributed by atoms with Crippen LogP contribution in [0.3, 0.4) is 0 Å². The molecule has 1 aliphatic rings. The van der Waals surface area contributed by atoms with Gasteiger partial charge < -0.3 is 14.4 Å². The Labute approximate surface area is 141 Å². The molecule has 24 heavy (non-hydrogen) atoms. The van der Waals surface area contributed by atoms with Gasteiger partial charge in [-0.3, -0.25) is 9.78 Å². The van der Waals surface area contributed by atoms with E-state index in [2.05, 4.69) is 4.98 Å². The van der Waals surface area contributed by atoms with Crippen LogP contribution in [0.1, 0.15) is 18.4 Å². The molecule has 2 aromatic rings. The van der Waals surface area contributed by atoms with Crippen LogP contribution in [-0.2, 0) is 16.1 Å². The van der Waals surface area contributed by atoms with E-state index in [9.17, 15) is 4.79 Å². The van der Waals surface area contributed by atoms with E-state index in [-0.39, 0.29) is 5.91 Å². The number of amides is 1. The molecule has 0 fully saturated rings. The van der Waals surface area contributed by atoms with Gasteiger partial charge >= 0.3 is 0 Å². The van der Waals surface area contributed by atoms with Gasteiger partial charge in [0.25, 0.3) is 5.91 Å². The summed E-state index contributed by atoms with van der Waals surface area (Å²) in [6, 6.07) is 11.3. The van der Waals surface area contributed by atoms with Crippen molar-refractivity contribution in [3.63, 3.8) is 0 Å². The van der Waals surface area contributed by atoms with E-state index < -0.39 is 0 Å². The van der Waals surface area contributed by atoms with Crippen molar-refractivity contribution in [3.8, 4) is 5.75 Å². The number of anilines is 1. The summed E-state index contributed by atoms with van der Waals surface area (Å²) in [5, 5.41) is 0. The Hall–Kier alpha value is -2.82. The smallest absolute Gasteiger partial charge is 0.293 e. The lowest BCUT2D eigenvalue weighted by Gasteiger charge is -2.25. The number of rotatable bonds is 5. The number of benzene rings is 1. The first-order chi connectivity index (χ1) is 11.8. The van der Waals surface area contributed by atoms with Gasteiger partial charge in [-0.25, -0.2) is 0 Å². The summed E-state index contributed by atoms with van der Waals surface area (Å²) < 4.78 is 10.7. The maximum atomic E-state index is 12.9. The van der Waals surface area contributed by atoms with Crippen molar-refractivity contribution in [1.29, 1.82) is 0 Å². The molecule has 0 radical (unpaired) electrons. The summed E-state index contributed by atoms with van der Waals surface area (Å²) in [6.07, 6.45) is 7.05. The minimum Gasteiger partial charge on any atom is -0.497 e. The van der Waals surface area contributed by atoms with Crippen molar-refractivity contribution in [2.75, 3.05) is 18.6 Å². The number of carbonyl (C=O) groups excluding carboxylic acids is 1. The molecule has 5 heteroatoms. The minimum atomic E-state index is -0.128. The summed E-state index contributed by atoms with van der Waals surface area (Å²) in [4.78, 5) is 18.7. The van der Waals surface area contributed by atoms with Gasteiger partial charge in [-0.1, -0.05) is 12.1 Å². The Morgan fingerprint density at radius 1 is 1.21 bits per heavy atom. The molecular formula is C19H20N2O3. The molecule has 0 unspecified atom stereocenters. The third-order valence-electron chi connectivity index (χ3n) is 3.87. The van der Waals surface area contributed by atoms with Gasteiger partial charge in [0.2, 0.25) is 0 Å². The van der Waals surface area contributed by atoms with Gasteiger partial charge in [0, 0.05) is 18.1 Å². The first-order valence-corrected chi connectivity index (χ1v) is 7.95. The van der Waals surface area contributed by atoms with E-state index >= 15 is 0 Å². The Bertz CT molecular complexity index is 711. The van der Waals surface area contributed by atoms with Crippen molar-refractivity contribution in [2.24, 2.45) is 0 Å². The van der Waals surface area contributed by atoms with E-state index in [1.54, 1.807) is 24.4 Å².